The summed E-state index contributed by atoms with van der Waals surface area (Å²) in [5, 5.41) is 2.53. The van der Waals surface area contributed by atoms with Crippen LogP contribution in [0.1, 0.15) is 22.6 Å². The predicted octanol–water partition coefficient (Wildman–Crippen LogP) is 12.9. The van der Waals surface area contributed by atoms with Crippen molar-refractivity contribution >= 4 is 21.8 Å². The molecule has 10 rings (SSSR count). The Morgan fingerprint density at radius 3 is 1.68 bits per heavy atom. The Labute approximate surface area is 292 Å². The average molecular weight is 636 g/mol. The number of aromatic nitrogens is 1. The Morgan fingerprint density at radius 2 is 0.880 bits per heavy atom. The second-order valence-corrected chi connectivity index (χ2v) is 13.3. The van der Waals surface area contributed by atoms with Gasteiger partial charge in [-0.2, -0.15) is 0 Å². The maximum atomic E-state index is 2.45. The first-order chi connectivity index (χ1) is 24.8. The fraction of sp³-hybridized carbons (Fsp3) is 0.0204. The molecule has 0 bridgehead atoms. The van der Waals surface area contributed by atoms with Crippen LogP contribution in [-0.4, -0.2) is 4.57 Å². The van der Waals surface area contributed by atoms with Crippen LogP contribution < -0.4 is 0 Å². The van der Waals surface area contributed by atoms with Crippen molar-refractivity contribution in [2.75, 3.05) is 0 Å². The molecule has 50 heavy (non-hydrogen) atoms. The summed E-state index contributed by atoms with van der Waals surface area (Å²) in [7, 11) is 0. The van der Waals surface area contributed by atoms with E-state index >= 15 is 0 Å². The Bertz CT molecular complexity index is 2680. The first-order valence-corrected chi connectivity index (χ1v) is 17.4. The average Bonchev–Trinajstić information content (AvgIpc) is 3.71. The number of para-hydroxylation sites is 2. The van der Waals surface area contributed by atoms with E-state index in [4.69, 9.17) is 0 Å². The van der Waals surface area contributed by atoms with Crippen LogP contribution in [-0.2, 0) is 0 Å². The molecule has 1 heteroatoms. The third-order valence-corrected chi connectivity index (χ3v) is 10.5. The minimum absolute atomic E-state index is 0.200. The molecule has 0 saturated carbocycles. The summed E-state index contributed by atoms with van der Waals surface area (Å²) in [6.07, 6.45) is 0. The van der Waals surface area contributed by atoms with Crippen molar-refractivity contribution in [3.63, 3.8) is 0 Å². The van der Waals surface area contributed by atoms with Crippen molar-refractivity contribution in [2.45, 2.75) is 5.92 Å². The third kappa shape index (κ3) is 4.55. The predicted molar refractivity (Wildman–Crippen MR) is 210 cm³/mol. The topological polar surface area (TPSA) is 4.93 Å². The molecule has 0 N–H and O–H groups in total. The first-order valence-electron chi connectivity index (χ1n) is 17.4. The highest BCUT2D eigenvalue weighted by molar-refractivity contribution is 6.11. The van der Waals surface area contributed by atoms with Gasteiger partial charge in [-0.3, -0.25) is 0 Å². The van der Waals surface area contributed by atoms with Crippen LogP contribution in [0.3, 0.4) is 0 Å². The van der Waals surface area contributed by atoms with Gasteiger partial charge in [0.2, 0.25) is 0 Å². The molecule has 0 amide bonds. The van der Waals surface area contributed by atoms with Crippen molar-refractivity contribution in [1.82, 2.24) is 4.57 Å². The van der Waals surface area contributed by atoms with Gasteiger partial charge in [0.05, 0.1) is 16.7 Å². The van der Waals surface area contributed by atoms with Gasteiger partial charge in [0.15, 0.2) is 0 Å². The normalized spacial score (nSPS) is 13.4. The second kappa shape index (κ2) is 11.6. The van der Waals surface area contributed by atoms with Gasteiger partial charge in [0.1, 0.15) is 0 Å². The van der Waals surface area contributed by atoms with Gasteiger partial charge in [-0.25, -0.2) is 0 Å². The molecule has 1 nitrogen and oxygen atoms in total. The highest BCUT2D eigenvalue weighted by Gasteiger charge is 2.30. The van der Waals surface area contributed by atoms with Crippen LogP contribution >= 0.6 is 0 Å². The second-order valence-electron chi connectivity index (χ2n) is 13.3. The Hall–Kier alpha value is -6.44. The molecule has 0 aliphatic heterocycles. The monoisotopic (exact) mass is 635 g/mol. The quantitative estimate of drug-likeness (QED) is 0.177. The van der Waals surface area contributed by atoms with Crippen molar-refractivity contribution < 1.29 is 0 Å². The van der Waals surface area contributed by atoms with E-state index in [1.54, 1.807) is 0 Å². The largest absolute Gasteiger partial charge is 0.309 e. The maximum absolute atomic E-state index is 2.45. The molecule has 234 valence electrons. The third-order valence-electron chi connectivity index (χ3n) is 10.5. The zero-order chi connectivity index (χ0) is 33.0. The minimum Gasteiger partial charge on any atom is -0.309 e. The molecule has 0 fully saturated rings. The van der Waals surface area contributed by atoms with Crippen molar-refractivity contribution in [1.29, 1.82) is 0 Å². The number of hydrogen-bond acceptors (Lipinski definition) is 0. The molecule has 1 atom stereocenters. The SMILES string of the molecule is c1ccc(-c2ccc(C3c4ccccc4-c4cc(-c5ccccc5-n5c6ccccc6c6cc(-c7ccccc7)ccc65)ccc43)cc2)cc1. The van der Waals surface area contributed by atoms with Crippen LogP contribution in [0, 0.1) is 0 Å². The van der Waals surface area contributed by atoms with Gasteiger partial charge < -0.3 is 4.57 Å². The number of benzene rings is 8. The van der Waals surface area contributed by atoms with Gasteiger partial charge in [0.25, 0.3) is 0 Å². The van der Waals surface area contributed by atoms with Crippen molar-refractivity contribution in [3.8, 4) is 50.2 Å². The lowest BCUT2D eigenvalue weighted by atomic mass is 9.88. The van der Waals surface area contributed by atoms with Crippen LogP contribution in [0.5, 0.6) is 0 Å². The lowest BCUT2D eigenvalue weighted by Crippen LogP contribution is -2.00. The highest BCUT2D eigenvalue weighted by Crippen LogP contribution is 2.50. The van der Waals surface area contributed by atoms with E-state index in [0.29, 0.717) is 0 Å². The Morgan fingerprint density at radius 1 is 0.320 bits per heavy atom. The summed E-state index contributed by atoms with van der Waals surface area (Å²) in [6, 6.07) is 71.1. The number of nitrogens with zero attached hydrogens (tertiary/aromatic N) is 1. The number of hydrogen-bond donors (Lipinski definition) is 0. The summed E-state index contributed by atoms with van der Waals surface area (Å²) in [5.74, 6) is 0.200. The lowest BCUT2D eigenvalue weighted by Gasteiger charge is -2.17. The molecule has 0 radical (unpaired) electrons. The minimum atomic E-state index is 0.200. The summed E-state index contributed by atoms with van der Waals surface area (Å²) in [6.45, 7) is 0. The molecule has 0 saturated heterocycles. The highest BCUT2D eigenvalue weighted by atomic mass is 15.0. The fourth-order valence-electron chi connectivity index (χ4n) is 8.18. The molecule has 1 heterocycles. The van der Waals surface area contributed by atoms with Gasteiger partial charge >= 0.3 is 0 Å². The van der Waals surface area contributed by atoms with Gasteiger partial charge in [-0.05, 0) is 86.0 Å². The molecular weight excluding hydrogens is 603 g/mol. The van der Waals surface area contributed by atoms with Crippen LogP contribution in [0.4, 0.5) is 0 Å². The van der Waals surface area contributed by atoms with E-state index in [9.17, 15) is 0 Å². The van der Waals surface area contributed by atoms with Crippen LogP contribution in [0.2, 0.25) is 0 Å². The van der Waals surface area contributed by atoms with Crippen molar-refractivity contribution in [2.24, 2.45) is 0 Å². The molecule has 1 aliphatic rings. The fourth-order valence-corrected chi connectivity index (χ4v) is 8.18. The van der Waals surface area contributed by atoms with E-state index in [1.165, 1.54) is 88.7 Å². The maximum Gasteiger partial charge on any atom is 0.0541 e. The van der Waals surface area contributed by atoms with E-state index in [1.807, 2.05) is 0 Å². The lowest BCUT2D eigenvalue weighted by molar-refractivity contribution is 1.02. The molecule has 8 aromatic carbocycles. The molecule has 1 unspecified atom stereocenters. The van der Waals surface area contributed by atoms with E-state index in [2.05, 4.69) is 199 Å². The molecule has 1 aliphatic carbocycles. The number of rotatable bonds is 5. The van der Waals surface area contributed by atoms with E-state index in [0.717, 1.165) is 0 Å². The molecule has 0 spiro atoms. The van der Waals surface area contributed by atoms with Gasteiger partial charge in [0, 0.05) is 22.3 Å². The standard InChI is InChI=1S/C49H33N/c1-3-13-33(14-4-1)35-23-25-36(26-24-35)49-42-20-8-7-18-40(42)44-32-38(27-29-43(44)49)39-17-9-11-21-46(39)50-47-22-12-10-19-41(47)45-31-37(28-30-48(45)50)34-15-5-2-6-16-34/h1-32,49H. The Balaban J connectivity index is 1.11. The van der Waals surface area contributed by atoms with Crippen LogP contribution in [0.15, 0.2) is 194 Å². The van der Waals surface area contributed by atoms with Gasteiger partial charge in [-0.1, -0.05) is 164 Å². The summed E-state index contributed by atoms with van der Waals surface area (Å²) in [4.78, 5) is 0. The first kappa shape index (κ1) is 28.6. The molecule has 9 aromatic rings. The molecule has 1 aromatic heterocycles. The van der Waals surface area contributed by atoms with E-state index in [-0.39, 0.29) is 5.92 Å². The van der Waals surface area contributed by atoms with Crippen molar-refractivity contribution in [3.05, 3.63) is 211 Å². The Kier molecular flexibility index (Phi) is 6.63. The summed E-state index contributed by atoms with van der Waals surface area (Å²) >= 11 is 0. The number of fused-ring (bicyclic) bond motifs is 6. The summed E-state index contributed by atoms with van der Waals surface area (Å²) in [5.41, 5.74) is 17.7. The zero-order valence-corrected chi connectivity index (χ0v) is 27.5. The van der Waals surface area contributed by atoms with Crippen LogP contribution in [0.25, 0.3) is 72.0 Å². The smallest absolute Gasteiger partial charge is 0.0541 e. The zero-order valence-electron chi connectivity index (χ0n) is 27.5. The summed E-state index contributed by atoms with van der Waals surface area (Å²) < 4.78 is 2.45. The van der Waals surface area contributed by atoms with E-state index < -0.39 is 0 Å². The van der Waals surface area contributed by atoms with Gasteiger partial charge in [-0.15, -0.1) is 0 Å². The molecular formula is C49H33N.